The SMILES string of the molecule is CN1/C(=C\C=C2\CCCC(/C=C/C3=[N+](C)c4ccc(C(=O)O)cc4C3(C)C)=C2Cl)C(C)(C)c2cc(C(=O)O)ccc21.O=S(=O)([O-])C(F)(F)F. The Morgan fingerprint density at radius 2 is 1.49 bits per heavy atom. The highest BCUT2D eigenvalue weighted by Gasteiger charge is 2.43. The van der Waals surface area contributed by atoms with Crippen molar-refractivity contribution in [3.63, 3.8) is 0 Å². The maximum absolute atomic E-state index is 11.6. The molecule has 49 heavy (non-hydrogen) atoms. The van der Waals surface area contributed by atoms with Crippen LogP contribution in [0.3, 0.4) is 0 Å². The van der Waals surface area contributed by atoms with E-state index in [1.165, 1.54) is 0 Å². The second kappa shape index (κ2) is 13.3. The van der Waals surface area contributed by atoms with E-state index >= 15 is 0 Å². The lowest BCUT2D eigenvalue weighted by molar-refractivity contribution is -0.401. The summed E-state index contributed by atoms with van der Waals surface area (Å²) in [6.07, 6.45) is 11.2. The minimum absolute atomic E-state index is 0.291. The molecule has 0 atom stereocenters. The maximum Gasteiger partial charge on any atom is 0.485 e. The third kappa shape index (κ3) is 7.24. The number of likely N-dealkylation sites (N-methyl/N-ethyl adjacent to an activating group) is 1. The topological polar surface area (TPSA) is 138 Å². The van der Waals surface area contributed by atoms with Crippen LogP contribution in [0.2, 0.25) is 0 Å². The number of anilines is 1. The van der Waals surface area contributed by atoms with Crippen LogP contribution in [0.25, 0.3) is 0 Å². The Morgan fingerprint density at radius 3 is 2.04 bits per heavy atom. The van der Waals surface area contributed by atoms with Gasteiger partial charge in [0.2, 0.25) is 5.69 Å². The van der Waals surface area contributed by atoms with Gasteiger partial charge in [-0.05, 0) is 86.2 Å². The van der Waals surface area contributed by atoms with Gasteiger partial charge in [-0.3, -0.25) is 0 Å². The molecule has 0 saturated heterocycles. The van der Waals surface area contributed by atoms with Crippen LogP contribution in [0.4, 0.5) is 24.5 Å². The molecule has 2 heterocycles. The summed E-state index contributed by atoms with van der Waals surface area (Å²) in [6.45, 7) is 8.47. The number of carboxylic acid groups (broad SMARTS) is 2. The fourth-order valence-corrected chi connectivity index (χ4v) is 6.82. The maximum atomic E-state index is 11.6. The summed E-state index contributed by atoms with van der Waals surface area (Å²) >= 11 is 6.99. The normalized spacial score (nSPS) is 20.1. The molecule has 2 aromatic rings. The van der Waals surface area contributed by atoms with Crippen molar-refractivity contribution in [2.24, 2.45) is 0 Å². The summed E-state index contributed by atoms with van der Waals surface area (Å²) in [5.41, 5.74) is 2.55. The zero-order chi connectivity index (χ0) is 36.9. The average molecular weight is 721 g/mol. The summed E-state index contributed by atoms with van der Waals surface area (Å²) in [6, 6.07) is 10.6. The lowest BCUT2D eigenvalue weighted by atomic mass is 9.80. The Bertz CT molecular complexity index is 2010. The summed E-state index contributed by atoms with van der Waals surface area (Å²) in [5, 5.41) is 19.7. The number of carboxylic acids is 2. The van der Waals surface area contributed by atoms with Crippen molar-refractivity contribution in [2.75, 3.05) is 19.0 Å². The molecule has 0 unspecified atom stereocenters. The van der Waals surface area contributed by atoms with Crippen LogP contribution in [0.5, 0.6) is 0 Å². The van der Waals surface area contributed by atoms with E-state index in [-0.39, 0.29) is 10.8 Å². The van der Waals surface area contributed by atoms with Crippen molar-refractivity contribution >= 4 is 50.7 Å². The number of allylic oxidation sites excluding steroid dienone is 8. The monoisotopic (exact) mass is 720 g/mol. The van der Waals surface area contributed by atoms with E-state index in [1.54, 1.807) is 24.3 Å². The Balaban J connectivity index is 0.000000603. The fourth-order valence-electron chi connectivity index (χ4n) is 6.51. The minimum atomic E-state index is -6.09. The number of hydrogen-bond donors (Lipinski definition) is 2. The van der Waals surface area contributed by atoms with Gasteiger partial charge in [-0.1, -0.05) is 37.6 Å². The van der Waals surface area contributed by atoms with Gasteiger partial charge in [-0.25, -0.2) is 18.0 Å². The predicted octanol–water partition coefficient (Wildman–Crippen LogP) is 7.61. The molecule has 0 amide bonds. The van der Waals surface area contributed by atoms with E-state index in [2.05, 4.69) is 61.5 Å². The van der Waals surface area contributed by atoms with E-state index in [1.807, 2.05) is 26.2 Å². The zero-order valence-electron chi connectivity index (χ0n) is 27.6. The molecule has 262 valence electrons. The lowest BCUT2D eigenvalue weighted by Crippen LogP contribution is -2.26. The van der Waals surface area contributed by atoms with E-state index in [9.17, 15) is 33.0 Å². The molecule has 2 aromatic carbocycles. The number of nitrogens with zero attached hydrogens (tertiary/aromatic N) is 2. The highest BCUT2D eigenvalue weighted by Crippen LogP contribution is 2.47. The number of aromatic carboxylic acids is 2. The molecule has 14 heteroatoms. The lowest BCUT2D eigenvalue weighted by Gasteiger charge is -2.24. The molecule has 0 fully saturated rings. The molecular formula is C35H36ClF3N2O7S. The Morgan fingerprint density at radius 1 is 0.939 bits per heavy atom. The molecule has 2 aliphatic heterocycles. The standard InChI is InChI=1S/C34H35ClN2O4.CHF3O3S/c1-33(2)24-18-22(31(38)39)10-14-26(24)36(5)28(33)16-12-20-8-7-9-21(30(20)35)13-17-29-34(3,4)25-19-23(32(40)41)11-15-27(25)37(29)6;2-1(3,4)8(5,6)7/h10-19H,7-9H2,1-6H3,(H-,38,39,40,41);(H,5,6,7). The number of fused-ring (bicyclic) bond motifs is 2. The van der Waals surface area contributed by atoms with Gasteiger partial charge in [0.1, 0.15) is 7.05 Å². The van der Waals surface area contributed by atoms with Gasteiger partial charge in [0.15, 0.2) is 15.8 Å². The first kappa shape index (κ1) is 37.6. The predicted molar refractivity (Wildman–Crippen MR) is 180 cm³/mol. The molecule has 0 saturated carbocycles. The van der Waals surface area contributed by atoms with Gasteiger partial charge >= 0.3 is 17.4 Å². The largest absolute Gasteiger partial charge is 0.741 e. The molecule has 0 spiro atoms. The minimum Gasteiger partial charge on any atom is -0.741 e. The smallest absolute Gasteiger partial charge is 0.485 e. The van der Waals surface area contributed by atoms with Crippen LogP contribution in [0, 0.1) is 0 Å². The molecule has 0 aromatic heterocycles. The van der Waals surface area contributed by atoms with Gasteiger partial charge in [0, 0.05) is 46.6 Å². The van der Waals surface area contributed by atoms with Gasteiger partial charge in [0.05, 0.1) is 16.5 Å². The van der Waals surface area contributed by atoms with E-state index < -0.39 is 27.6 Å². The Hall–Kier alpha value is -4.20. The second-order valence-corrected chi connectivity index (χ2v) is 14.7. The zero-order valence-corrected chi connectivity index (χ0v) is 29.2. The van der Waals surface area contributed by atoms with E-state index in [0.29, 0.717) is 11.1 Å². The molecule has 5 rings (SSSR count). The summed E-state index contributed by atoms with van der Waals surface area (Å²) in [5.74, 6) is -1.85. The fraction of sp³-hybridized carbons (Fsp3) is 0.343. The molecule has 0 bridgehead atoms. The van der Waals surface area contributed by atoms with Crippen molar-refractivity contribution < 1.29 is 50.5 Å². The third-order valence-corrected chi connectivity index (χ3v) is 10.2. The number of halogens is 4. The van der Waals surface area contributed by atoms with Crippen LogP contribution in [-0.4, -0.2) is 65.0 Å². The van der Waals surface area contributed by atoms with Crippen molar-refractivity contribution in [3.05, 3.63) is 105 Å². The number of rotatable bonds is 5. The molecule has 1 aliphatic carbocycles. The van der Waals surface area contributed by atoms with E-state index in [0.717, 1.165) is 69.4 Å². The number of benzene rings is 2. The van der Waals surface area contributed by atoms with Crippen molar-refractivity contribution in [2.45, 2.75) is 63.3 Å². The van der Waals surface area contributed by atoms with Gasteiger partial charge in [-0.2, -0.15) is 17.7 Å². The first-order valence-corrected chi connectivity index (χ1v) is 16.9. The Kier molecular flexibility index (Phi) is 10.2. The van der Waals surface area contributed by atoms with Crippen molar-refractivity contribution in [1.82, 2.24) is 0 Å². The van der Waals surface area contributed by atoms with Crippen LogP contribution in [0.15, 0.2) is 82.6 Å². The first-order chi connectivity index (χ1) is 22.5. The van der Waals surface area contributed by atoms with Crippen LogP contribution in [-0.2, 0) is 20.9 Å². The van der Waals surface area contributed by atoms with Crippen molar-refractivity contribution in [3.8, 4) is 0 Å². The summed E-state index contributed by atoms with van der Waals surface area (Å²) in [7, 11) is -2.06. The van der Waals surface area contributed by atoms with Crippen LogP contribution < -0.4 is 4.90 Å². The van der Waals surface area contributed by atoms with Gasteiger partial charge < -0.3 is 19.7 Å². The molecule has 3 aliphatic rings. The Labute approximate surface area is 287 Å². The number of carbonyl (C=O) groups is 2. The van der Waals surface area contributed by atoms with Gasteiger partial charge in [-0.15, -0.1) is 0 Å². The van der Waals surface area contributed by atoms with Crippen LogP contribution in [0.1, 0.15) is 78.8 Å². The van der Waals surface area contributed by atoms with Gasteiger partial charge in [0.25, 0.3) is 0 Å². The highest BCUT2D eigenvalue weighted by atomic mass is 35.5. The molecular weight excluding hydrogens is 685 g/mol. The molecule has 9 nitrogen and oxygen atoms in total. The summed E-state index contributed by atoms with van der Waals surface area (Å²) < 4.78 is 61.0. The van der Waals surface area contributed by atoms with E-state index in [4.69, 9.17) is 24.6 Å². The number of alkyl halides is 3. The highest BCUT2D eigenvalue weighted by molar-refractivity contribution is 7.86. The summed E-state index contributed by atoms with van der Waals surface area (Å²) in [4.78, 5) is 25.3. The average Bonchev–Trinajstić information content (AvgIpc) is 3.31. The quantitative estimate of drug-likeness (QED) is 0.183. The molecule has 2 N–H and O–H groups in total. The second-order valence-electron chi connectivity index (χ2n) is 13.0. The number of hydrogen-bond acceptors (Lipinski definition) is 6. The molecule has 0 radical (unpaired) electrons. The van der Waals surface area contributed by atoms with Crippen LogP contribution >= 0.6 is 11.6 Å². The third-order valence-electron chi connectivity index (χ3n) is 9.18. The first-order valence-electron chi connectivity index (χ1n) is 15.1. The van der Waals surface area contributed by atoms with Crippen molar-refractivity contribution in [1.29, 1.82) is 0 Å².